The van der Waals surface area contributed by atoms with Crippen molar-refractivity contribution in [2.45, 2.75) is 0 Å². The van der Waals surface area contributed by atoms with Gasteiger partial charge >= 0.3 is 47.8 Å². The Bertz CT molecular complexity index is 2020. The predicted octanol–water partition coefficient (Wildman–Crippen LogP) is 3.76. The van der Waals surface area contributed by atoms with E-state index in [1.807, 2.05) is 0 Å². The number of rotatable bonds is 8. The molecule has 0 saturated heterocycles. The number of aromatic carboxylic acids is 8. The second-order valence-electron chi connectivity index (χ2n) is 9.98. The minimum absolute atomic E-state index is 0.201. The fraction of sp³-hybridized carbons (Fsp3) is 0. The Balaban J connectivity index is 0.000000280. The molecule has 0 aliphatic heterocycles. The summed E-state index contributed by atoms with van der Waals surface area (Å²) in [5, 5.41) is 72.1. The molecule has 0 heterocycles. The van der Waals surface area contributed by atoms with E-state index in [1.54, 1.807) is 0 Å². The van der Waals surface area contributed by atoms with E-state index in [-0.39, 0.29) is 44.5 Å². The maximum Gasteiger partial charge on any atom is 0.336 e. The predicted molar refractivity (Wildman–Crippen MR) is 173 cm³/mol. The van der Waals surface area contributed by atoms with Crippen molar-refractivity contribution in [2.75, 3.05) is 0 Å². The number of hydrogen-bond donors (Lipinski definition) is 8. The van der Waals surface area contributed by atoms with Crippen molar-refractivity contribution in [3.8, 4) is 23.7 Å². The van der Waals surface area contributed by atoms with E-state index in [0.717, 1.165) is 48.5 Å². The Morgan fingerprint density at radius 3 is 0.558 bits per heavy atom. The van der Waals surface area contributed by atoms with Crippen molar-refractivity contribution in [1.82, 2.24) is 0 Å². The Hall–Kier alpha value is -8.24. The zero-order chi connectivity index (χ0) is 38.9. The highest BCUT2D eigenvalue weighted by atomic mass is 16.4. The van der Waals surface area contributed by atoms with Crippen LogP contribution in [0.15, 0.2) is 72.8 Å². The first-order valence-corrected chi connectivity index (χ1v) is 13.9. The van der Waals surface area contributed by atoms with E-state index < -0.39 is 70.0 Å². The minimum Gasteiger partial charge on any atom is -0.478 e. The Morgan fingerprint density at radius 2 is 0.423 bits per heavy atom. The van der Waals surface area contributed by atoms with Crippen LogP contribution in [0.3, 0.4) is 0 Å². The third kappa shape index (κ3) is 9.43. The first kappa shape index (κ1) is 38.2. The molecule has 0 unspecified atom stereocenters. The van der Waals surface area contributed by atoms with Gasteiger partial charge in [-0.15, -0.1) is 0 Å². The van der Waals surface area contributed by atoms with Gasteiger partial charge in [0, 0.05) is 22.3 Å². The molecule has 0 atom stereocenters. The van der Waals surface area contributed by atoms with Crippen LogP contribution >= 0.6 is 0 Å². The molecule has 0 bridgehead atoms. The first-order chi connectivity index (χ1) is 24.4. The number of carboxylic acids is 8. The maximum atomic E-state index is 11.1. The molecule has 0 aliphatic rings. The molecule has 4 rings (SSSR count). The summed E-state index contributed by atoms with van der Waals surface area (Å²) >= 11 is 0. The van der Waals surface area contributed by atoms with E-state index in [1.165, 1.54) is 24.3 Å². The van der Waals surface area contributed by atoms with Crippen LogP contribution in [0.4, 0.5) is 0 Å². The van der Waals surface area contributed by atoms with Crippen LogP contribution in [-0.2, 0) is 0 Å². The summed E-state index contributed by atoms with van der Waals surface area (Å²) in [6.45, 7) is 0. The van der Waals surface area contributed by atoms with Gasteiger partial charge in [0.2, 0.25) is 0 Å². The summed E-state index contributed by atoms with van der Waals surface area (Å²) in [7, 11) is 0. The van der Waals surface area contributed by atoms with Gasteiger partial charge in [-0.3, -0.25) is 0 Å². The molecule has 4 aromatic rings. The Morgan fingerprint density at radius 1 is 0.269 bits per heavy atom. The van der Waals surface area contributed by atoms with Crippen LogP contribution in [0.2, 0.25) is 0 Å². The quantitative estimate of drug-likeness (QED) is 0.121. The van der Waals surface area contributed by atoms with Crippen molar-refractivity contribution in [2.24, 2.45) is 0 Å². The summed E-state index contributed by atoms with van der Waals surface area (Å²) < 4.78 is 0. The van der Waals surface area contributed by atoms with Crippen LogP contribution in [0.5, 0.6) is 0 Å². The van der Waals surface area contributed by atoms with Gasteiger partial charge in [0.25, 0.3) is 0 Å². The molecular formula is C36H20O16. The number of hydrogen-bond acceptors (Lipinski definition) is 8. The third-order valence-corrected chi connectivity index (χ3v) is 6.62. The van der Waals surface area contributed by atoms with Gasteiger partial charge in [-0.25, -0.2) is 38.4 Å². The van der Waals surface area contributed by atoms with Crippen molar-refractivity contribution in [3.63, 3.8) is 0 Å². The normalized spacial score (nSPS) is 9.69. The van der Waals surface area contributed by atoms with Crippen LogP contribution in [0.1, 0.15) is 105 Å². The van der Waals surface area contributed by atoms with Gasteiger partial charge < -0.3 is 40.9 Å². The molecule has 8 N–H and O–H groups in total. The summed E-state index contributed by atoms with van der Waals surface area (Å²) in [4.78, 5) is 88.6. The fourth-order valence-electron chi connectivity index (χ4n) is 4.23. The lowest BCUT2D eigenvalue weighted by molar-refractivity contribution is 0.0651. The lowest BCUT2D eigenvalue weighted by Gasteiger charge is -2.02. The molecule has 0 fully saturated rings. The van der Waals surface area contributed by atoms with Gasteiger partial charge in [0.1, 0.15) is 0 Å². The summed E-state index contributed by atoms with van der Waals surface area (Å²) in [5.74, 6) is -0.907. The topological polar surface area (TPSA) is 298 Å². The standard InChI is InChI=1S/2C18H10O8/c2*19-15(20)11-5-3-9(7-13(11)17(23)24)1-2-10-4-6-12(16(21)22)14(8-10)18(25)26/h2*3-8H,(H,19,20)(H,21,22)(H,23,24)(H,25,26). The second kappa shape index (κ2) is 16.2. The van der Waals surface area contributed by atoms with Gasteiger partial charge in [-0.05, 0) is 72.8 Å². The SMILES string of the molecule is O=C(O)c1ccc(C#Cc2ccc(C(=O)O)c(C(=O)O)c2)cc1C(=O)O.O=C(O)c1ccc(C#Cc2ccc(C(=O)O)c(C(=O)O)c2)cc1C(=O)O. The van der Waals surface area contributed by atoms with Crippen LogP contribution in [0.25, 0.3) is 0 Å². The zero-order valence-corrected chi connectivity index (χ0v) is 25.8. The molecule has 16 nitrogen and oxygen atoms in total. The fourth-order valence-corrected chi connectivity index (χ4v) is 4.23. The molecule has 0 saturated carbocycles. The van der Waals surface area contributed by atoms with Crippen molar-refractivity contribution >= 4 is 47.8 Å². The molecule has 4 aromatic carbocycles. The Labute approximate surface area is 290 Å². The Kier molecular flexibility index (Phi) is 11.9. The third-order valence-electron chi connectivity index (χ3n) is 6.62. The second-order valence-corrected chi connectivity index (χ2v) is 9.98. The lowest BCUT2D eigenvalue weighted by atomic mass is 10.0. The lowest BCUT2D eigenvalue weighted by Crippen LogP contribution is -2.08. The van der Waals surface area contributed by atoms with Crippen molar-refractivity contribution < 1.29 is 79.2 Å². The first-order valence-electron chi connectivity index (χ1n) is 13.9. The molecule has 260 valence electrons. The smallest absolute Gasteiger partial charge is 0.336 e. The van der Waals surface area contributed by atoms with Crippen LogP contribution in [-0.4, -0.2) is 88.6 Å². The van der Waals surface area contributed by atoms with E-state index >= 15 is 0 Å². The van der Waals surface area contributed by atoms with E-state index in [2.05, 4.69) is 23.7 Å². The van der Waals surface area contributed by atoms with Crippen LogP contribution in [0, 0.1) is 23.7 Å². The maximum absolute atomic E-state index is 11.1. The van der Waals surface area contributed by atoms with Crippen molar-refractivity contribution in [3.05, 3.63) is 140 Å². The summed E-state index contributed by atoms with van der Waals surface area (Å²) in [6.07, 6.45) is 0. The van der Waals surface area contributed by atoms with E-state index in [9.17, 15) is 38.4 Å². The zero-order valence-electron chi connectivity index (χ0n) is 25.8. The summed E-state index contributed by atoms with van der Waals surface area (Å²) in [5.41, 5.74) is -2.48. The largest absolute Gasteiger partial charge is 0.478 e. The molecule has 0 aliphatic carbocycles. The molecule has 0 radical (unpaired) electrons. The highest BCUT2D eigenvalue weighted by molar-refractivity contribution is 6.04. The van der Waals surface area contributed by atoms with Gasteiger partial charge in [-0.1, -0.05) is 23.7 Å². The van der Waals surface area contributed by atoms with Crippen molar-refractivity contribution in [1.29, 1.82) is 0 Å². The summed E-state index contributed by atoms with van der Waals surface area (Å²) in [6, 6.07) is 14.0. The van der Waals surface area contributed by atoms with Gasteiger partial charge in [-0.2, -0.15) is 0 Å². The molecule has 0 spiro atoms. The highest BCUT2D eigenvalue weighted by Gasteiger charge is 2.19. The molecule has 52 heavy (non-hydrogen) atoms. The molecule has 16 heteroatoms. The average Bonchev–Trinajstić information content (AvgIpc) is 3.09. The number of benzene rings is 4. The van der Waals surface area contributed by atoms with Gasteiger partial charge in [0.15, 0.2) is 0 Å². The number of carbonyl (C=O) groups is 8. The average molecular weight is 709 g/mol. The molecular weight excluding hydrogens is 688 g/mol. The minimum atomic E-state index is -1.43. The molecule has 0 amide bonds. The van der Waals surface area contributed by atoms with E-state index in [4.69, 9.17) is 40.9 Å². The highest BCUT2D eigenvalue weighted by Crippen LogP contribution is 2.16. The van der Waals surface area contributed by atoms with Gasteiger partial charge in [0.05, 0.1) is 44.5 Å². The molecule has 0 aromatic heterocycles. The number of carboxylic acid groups (broad SMARTS) is 8. The monoisotopic (exact) mass is 708 g/mol. The van der Waals surface area contributed by atoms with Crippen LogP contribution < -0.4 is 0 Å². The van der Waals surface area contributed by atoms with E-state index in [0.29, 0.717) is 0 Å².